The van der Waals surface area contributed by atoms with Crippen molar-refractivity contribution in [1.82, 2.24) is 24.7 Å². The number of hydrogen-bond acceptors (Lipinski definition) is 10. The second-order valence-electron chi connectivity index (χ2n) is 11.3. The topological polar surface area (TPSA) is 160 Å². The van der Waals surface area contributed by atoms with E-state index in [-0.39, 0.29) is 11.2 Å². The molecule has 2 aromatic carbocycles. The van der Waals surface area contributed by atoms with Gasteiger partial charge in [0.15, 0.2) is 15.7 Å². The zero-order chi connectivity index (χ0) is 30.9. The van der Waals surface area contributed by atoms with Crippen molar-refractivity contribution in [3.8, 4) is 0 Å². The predicted molar refractivity (Wildman–Crippen MR) is 167 cm³/mol. The second-order valence-corrected chi connectivity index (χ2v) is 13.4. The van der Waals surface area contributed by atoms with Gasteiger partial charge >= 0.3 is 6.03 Å². The van der Waals surface area contributed by atoms with Crippen molar-refractivity contribution in [3.05, 3.63) is 72.1 Å². The van der Waals surface area contributed by atoms with Gasteiger partial charge in [-0.1, -0.05) is 38.1 Å². The highest BCUT2D eigenvalue weighted by atomic mass is 32.2. The molecule has 0 aliphatic heterocycles. The summed E-state index contributed by atoms with van der Waals surface area (Å²) in [6, 6.07) is 15.8. The molecule has 224 valence electrons. The number of nitrogens with one attached hydrogen (secondary N) is 3. The molecule has 14 heteroatoms. The molecule has 0 radical (unpaired) electrons. The van der Waals surface area contributed by atoms with Crippen molar-refractivity contribution in [2.24, 2.45) is 7.05 Å². The molecular weight excluding hydrogens is 570 g/mol. The number of sulfone groups is 1. The van der Waals surface area contributed by atoms with Crippen LogP contribution in [0.15, 0.2) is 65.3 Å². The van der Waals surface area contributed by atoms with Gasteiger partial charge < -0.3 is 19.3 Å². The van der Waals surface area contributed by atoms with Gasteiger partial charge in [-0.3, -0.25) is 10.6 Å². The van der Waals surface area contributed by atoms with E-state index in [0.29, 0.717) is 40.4 Å². The Hall–Kier alpha value is -4.98. The van der Waals surface area contributed by atoms with Crippen molar-refractivity contribution >= 4 is 61.8 Å². The maximum atomic E-state index is 12.7. The van der Waals surface area contributed by atoms with Crippen molar-refractivity contribution in [2.75, 3.05) is 34.2 Å². The van der Waals surface area contributed by atoms with Crippen LogP contribution in [0.3, 0.4) is 0 Å². The first-order valence-corrected chi connectivity index (χ1v) is 15.4. The molecule has 0 fully saturated rings. The highest BCUT2D eigenvalue weighted by molar-refractivity contribution is 7.89. The summed E-state index contributed by atoms with van der Waals surface area (Å²) < 4.78 is 30.2. The lowest BCUT2D eigenvalue weighted by molar-refractivity contribution is 0.261. The van der Waals surface area contributed by atoms with Crippen molar-refractivity contribution in [2.45, 2.75) is 31.9 Å². The van der Waals surface area contributed by atoms with Gasteiger partial charge in [0.2, 0.25) is 11.9 Å². The van der Waals surface area contributed by atoms with Gasteiger partial charge in [-0.15, -0.1) is 0 Å². The first-order valence-electron chi connectivity index (χ1n) is 13.4. The SMILES string of the molecule is CN(c1ccc2c(c1)nc(NC(=O)Nc1cc(C(C)(C)C)on1)n2C)c1ccnc(Nc2ccc(CS(C)(=O)=O)cc2)n1. The third-order valence-electron chi connectivity index (χ3n) is 6.59. The van der Waals surface area contributed by atoms with Crippen LogP contribution in [0.25, 0.3) is 11.0 Å². The average molecular weight is 604 g/mol. The van der Waals surface area contributed by atoms with Gasteiger partial charge in [0.25, 0.3) is 0 Å². The fourth-order valence-corrected chi connectivity index (χ4v) is 5.09. The lowest BCUT2D eigenvalue weighted by atomic mass is 9.93. The summed E-state index contributed by atoms with van der Waals surface area (Å²) in [5.41, 5.74) is 3.54. The smallest absolute Gasteiger partial charge is 0.327 e. The zero-order valence-corrected chi connectivity index (χ0v) is 25.5. The zero-order valence-electron chi connectivity index (χ0n) is 24.7. The van der Waals surface area contributed by atoms with Crippen molar-refractivity contribution in [3.63, 3.8) is 0 Å². The molecule has 0 saturated carbocycles. The Morgan fingerprint density at radius 3 is 2.44 bits per heavy atom. The molecule has 3 heterocycles. The molecule has 2 amide bonds. The molecule has 0 aliphatic rings. The van der Waals surface area contributed by atoms with E-state index in [2.05, 4.69) is 36.1 Å². The number of aromatic nitrogens is 5. The average Bonchev–Trinajstić information content (AvgIpc) is 3.53. The molecule has 3 aromatic heterocycles. The fraction of sp³-hybridized carbons (Fsp3) is 0.276. The van der Waals surface area contributed by atoms with Crippen LogP contribution in [0.2, 0.25) is 0 Å². The molecule has 0 saturated heterocycles. The minimum Gasteiger partial charge on any atom is -0.359 e. The van der Waals surface area contributed by atoms with Crippen molar-refractivity contribution in [1.29, 1.82) is 0 Å². The minimum absolute atomic E-state index is 0.0172. The molecule has 0 atom stereocenters. The molecule has 5 rings (SSSR count). The van der Waals surface area contributed by atoms with Crippen LogP contribution >= 0.6 is 0 Å². The number of urea groups is 1. The lowest BCUT2D eigenvalue weighted by Gasteiger charge is -2.19. The number of fused-ring (bicyclic) bond motifs is 1. The van der Waals surface area contributed by atoms with E-state index < -0.39 is 15.9 Å². The monoisotopic (exact) mass is 603 g/mol. The molecule has 43 heavy (non-hydrogen) atoms. The Bertz CT molecular complexity index is 1890. The van der Waals surface area contributed by atoms with E-state index in [1.54, 1.807) is 47.2 Å². The van der Waals surface area contributed by atoms with E-state index in [1.807, 2.05) is 58.0 Å². The summed E-state index contributed by atoms with van der Waals surface area (Å²) in [4.78, 5) is 28.1. The summed E-state index contributed by atoms with van der Waals surface area (Å²) in [7, 11) is 0.590. The maximum Gasteiger partial charge on any atom is 0.327 e. The van der Waals surface area contributed by atoms with Gasteiger partial charge in [0.05, 0.1) is 16.8 Å². The standard InChI is InChI=1S/C29H33N9O4S/c1-29(2,3)23-16-24(36-42-23)33-28(39)35-27-32-21-15-20(11-12-22(21)38(27)5)37(4)25-13-14-30-26(34-25)31-19-9-7-18(8-10-19)17-43(6,40)41/h7-16H,17H2,1-6H3,(H,30,31,34)(H2,32,33,35,36,39). The Balaban J connectivity index is 1.28. The number of carbonyl (C=O) groups is 1. The second kappa shape index (κ2) is 11.4. The number of nitrogens with zero attached hydrogens (tertiary/aromatic N) is 6. The molecule has 0 unspecified atom stereocenters. The number of aryl methyl sites for hydroxylation is 1. The predicted octanol–water partition coefficient (Wildman–Crippen LogP) is 5.35. The van der Waals surface area contributed by atoms with Crippen LogP contribution in [-0.4, -0.2) is 52.4 Å². The van der Waals surface area contributed by atoms with Gasteiger partial charge in [-0.25, -0.2) is 23.2 Å². The van der Waals surface area contributed by atoms with Crippen LogP contribution in [0, 0.1) is 0 Å². The van der Waals surface area contributed by atoms with Crippen LogP contribution in [0.4, 0.5) is 39.7 Å². The quantitative estimate of drug-likeness (QED) is 0.211. The van der Waals surface area contributed by atoms with Crippen LogP contribution in [-0.2, 0) is 28.1 Å². The van der Waals surface area contributed by atoms with Crippen LogP contribution in [0.5, 0.6) is 0 Å². The lowest BCUT2D eigenvalue weighted by Crippen LogP contribution is -2.21. The summed E-state index contributed by atoms with van der Waals surface area (Å²) >= 11 is 0. The minimum atomic E-state index is -3.11. The van der Waals surface area contributed by atoms with E-state index in [9.17, 15) is 13.2 Å². The third-order valence-corrected chi connectivity index (χ3v) is 7.45. The van der Waals surface area contributed by atoms with Gasteiger partial charge in [0.1, 0.15) is 11.6 Å². The highest BCUT2D eigenvalue weighted by Crippen LogP contribution is 2.28. The number of carbonyl (C=O) groups excluding carboxylic acids is 1. The van der Waals surface area contributed by atoms with E-state index >= 15 is 0 Å². The van der Waals surface area contributed by atoms with Crippen LogP contribution < -0.4 is 20.9 Å². The molecule has 13 nitrogen and oxygen atoms in total. The highest BCUT2D eigenvalue weighted by Gasteiger charge is 2.21. The maximum absolute atomic E-state index is 12.7. The number of amides is 2. The largest absolute Gasteiger partial charge is 0.359 e. The Kier molecular flexibility index (Phi) is 7.80. The third kappa shape index (κ3) is 7.09. The number of anilines is 6. The Morgan fingerprint density at radius 2 is 1.77 bits per heavy atom. The summed E-state index contributed by atoms with van der Waals surface area (Å²) in [6.45, 7) is 5.99. The molecule has 0 bridgehead atoms. The van der Waals surface area contributed by atoms with Gasteiger partial charge in [-0.05, 0) is 42.0 Å². The first-order chi connectivity index (χ1) is 20.2. The summed E-state index contributed by atoms with van der Waals surface area (Å²) in [5.74, 6) is 2.35. The van der Waals surface area contributed by atoms with E-state index in [4.69, 9.17) is 4.52 Å². The first kappa shape index (κ1) is 29.5. The summed E-state index contributed by atoms with van der Waals surface area (Å²) in [5, 5.41) is 12.5. The molecule has 0 aliphatic carbocycles. The van der Waals surface area contributed by atoms with Gasteiger partial charge in [-0.2, -0.15) is 4.98 Å². The van der Waals surface area contributed by atoms with E-state index in [1.165, 1.54) is 6.26 Å². The number of imidazole rings is 1. The van der Waals surface area contributed by atoms with Crippen molar-refractivity contribution < 1.29 is 17.7 Å². The molecule has 0 spiro atoms. The number of benzene rings is 2. The fourth-order valence-electron chi connectivity index (χ4n) is 4.29. The van der Waals surface area contributed by atoms with Gasteiger partial charge in [0, 0.05) is 49.4 Å². The Morgan fingerprint density at radius 1 is 1.02 bits per heavy atom. The normalized spacial score (nSPS) is 11.9. The Labute approximate surface area is 249 Å². The number of rotatable bonds is 8. The van der Waals surface area contributed by atoms with E-state index in [0.717, 1.165) is 16.9 Å². The van der Waals surface area contributed by atoms with Crippen LogP contribution in [0.1, 0.15) is 32.1 Å². The molecular formula is C29H33N9O4S. The molecule has 5 aromatic rings. The summed E-state index contributed by atoms with van der Waals surface area (Å²) in [6.07, 6.45) is 2.86. The number of hydrogen-bond donors (Lipinski definition) is 3. The molecule has 3 N–H and O–H groups in total.